The summed E-state index contributed by atoms with van der Waals surface area (Å²) in [6.45, 7) is 3.12. The largest absolute Gasteiger partial charge is 0.497 e. The number of hydrogen-bond acceptors (Lipinski definition) is 6. The van der Waals surface area contributed by atoms with Crippen LogP contribution in [0.3, 0.4) is 0 Å². The molecular weight excluding hydrogens is 390 g/mol. The zero-order valence-electron chi connectivity index (χ0n) is 17.0. The van der Waals surface area contributed by atoms with Crippen molar-refractivity contribution < 1.29 is 23.0 Å². The summed E-state index contributed by atoms with van der Waals surface area (Å²) in [7, 11) is -1.40. The summed E-state index contributed by atoms with van der Waals surface area (Å²) in [5.74, 6) is 1.74. The lowest BCUT2D eigenvalue weighted by Gasteiger charge is -2.30. The Kier molecular flexibility index (Phi) is 7.16. The molecule has 158 valence electrons. The lowest BCUT2D eigenvalue weighted by Crippen LogP contribution is -2.42. The molecule has 1 aliphatic rings. The van der Waals surface area contributed by atoms with Crippen molar-refractivity contribution in [2.75, 3.05) is 31.8 Å². The Balaban J connectivity index is 1.62. The molecule has 2 atom stereocenters. The maximum atomic E-state index is 12.0. The van der Waals surface area contributed by atoms with Crippen molar-refractivity contribution in [3.8, 4) is 11.5 Å². The van der Waals surface area contributed by atoms with Crippen LogP contribution in [0.4, 0.5) is 0 Å². The van der Waals surface area contributed by atoms with Gasteiger partial charge in [-0.15, -0.1) is 0 Å². The van der Waals surface area contributed by atoms with Gasteiger partial charge in [-0.1, -0.05) is 29.8 Å². The molecule has 0 aromatic heterocycles. The van der Waals surface area contributed by atoms with Crippen molar-refractivity contribution >= 4 is 9.84 Å². The van der Waals surface area contributed by atoms with Crippen molar-refractivity contribution in [2.24, 2.45) is 0 Å². The maximum Gasteiger partial charge on any atom is 0.151 e. The lowest BCUT2D eigenvalue weighted by molar-refractivity contribution is 0.0524. The molecule has 0 amide bonds. The van der Waals surface area contributed by atoms with Crippen LogP contribution in [-0.4, -0.2) is 62.3 Å². The van der Waals surface area contributed by atoms with E-state index in [1.807, 2.05) is 31.2 Å². The van der Waals surface area contributed by atoms with Crippen molar-refractivity contribution in [1.29, 1.82) is 0 Å². The van der Waals surface area contributed by atoms with Gasteiger partial charge in [0.05, 0.1) is 18.6 Å². The molecule has 2 aromatic carbocycles. The van der Waals surface area contributed by atoms with Crippen LogP contribution in [-0.2, 0) is 16.4 Å². The minimum atomic E-state index is -3.00. The van der Waals surface area contributed by atoms with Crippen molar-refractivity contribution in [2.45, 2.75) is 32.0 Å². The summed E-state index contributed by atoms with van der Waals surface area (Å²) in [6, 6.07) is 15.3. The van der Waals surface area contributed by atoms with Crippen LogP contribution in [0.2, 0.25) is 0 Å². The number of rotatable bonds is 9. The van der Waals surface area contributed by atoms with E-state index in [-0.39, 0.29) is 24.2 Å². The number of aryl methyl sites for hydroxylation is 1. The molecule has 0 radical (unpaired) electrons. The first kappa shape index (κ1) is 21.6. The van der Waals surface area contributed by atoms with E-state index in [1.54, 1.807) is 31.4 Å². The van der Waals surface area contributed by atoms with Gasteiger partial charge in [-0.05, 0) is 43.2 Å². The Hall–Kier alpha value is -2.09. The minimum Gasteiger partial charge on any atom is -0.497 e. The fourth-order valence-corrected chi connectivity index (χ4v) is 5.28. The Morgan fingerprint density at radius 3 is 2.34 bits per heavy atom. The fourth-order valence-electron chi connectivity index (χ4n) is 3.52. The van der Waals surface area contributed by atoms with Gasteiger partial charge in [-0.3, -0.25) is 4.90 Å². The first-order valence-corrected chi connectivity index (χ1v) is 11.6. The monoisotopic (exact) mass is 419 g/mol. The zero-order chi connectivity index (χ0) is 20.9. The number of methoxy groups -OCH3 is 1. The van der Waals surface area contributed by atoms with E-state index >= 15 is 0 Å². The van der Waals surface area contributed by atoms with Crippen molar-refractivity contribution in [3.63, 3.8) is 0 Å². The Bertz CT molecular complexity index is 880. The molecular formula is C22H29NO5S. The molecule has 29 heavy (non-hydrogen) atoms. The highest BCUT2D eigenvalue weighted by Gasteiger charge is 2.33. The predicted octanol–water partition coefficient (Wildman–Crippen LogP) is 2.43. The number of benzene rings is 2. The highest BCUT2D eigenvalue weighted by atomic mass is 32.2. The lowest BCUT2D eigenvalue weighted by atomic mass is 10.1. The summed E-state index contributed by atoms with van der Waals surface area (Å²) in [4.78, 5) is 2.07. The SMILES string of the molecule is COc1ccc(OC[C@H](O)CN(Cc2ccc(C)cc2)[C@H]2CCS(=O)(=O)C2)cc1. The van der Waals surface area contributed by atoms with Gasteiger partial charge in [0, 0.05) is 19.1 Å². The summed E-state index contributed by atoms with van der Waals surface area (Å²) >= 11 is 0. The molecule has 1 saturated heterocycles. The fraction of sp³-hybridized carbons (Fsp3) is 0.455. The molecule has 2 aromatic rings. The summed E-state index contributed by atoms with van der Waals surface area (Å²) < 4.78 is 34.7. The smallest absolute Gasteiger partial charge is 0.151 e. The molecule has 7 heteroatoms. The van der Waals surface area contributed by atoms with Crippen LogP contribution in [0.1, 0.15) is 17.5 Å². The molecule has 0 bridgehead atoms. The second-order valence-corrected chi connectivity index (χ2v) is 9.84. The summed E-state index contributed by atoms with van der Waals surface area (Å²) in [5, 5.41) is 10.6. The van der Waals surface area contributed by atoms with E-state index < -0.39 is 15.9 Å². The number of aliphatic hydroxyl groups excluding tert-OH is 1. The Morgan fingerprint density at radius 1 is 1.10 bits per heavy atom. The number of hydrogen-bond donors (Lipinski definition) is 1. The second-order valence-electron chi connectivity index (χ2n) is 7.61. The van der Waals surface area contributed by atoms with Gasteiger partial charge in [0.25, 0.3) is 0 Å². The van der Waals surface area contributed by atoms with Crippen molar-refractivity contribution in [3.05, 3.63) is 59.7 Å². The van der Waals surface area contributed by atoms with Crippen LogP contribution >= 0.6 is 0 Å². The van der Waals surface area contributed by atoms with Gasteiger partial charge in [-0.2, -0.15) is 0 Å². The highest BCUT2D eigenvalue weighted by molar-refractivity contribution is 7.91. The van der Waals surface area contributed by atoms with Crippen LogP contribution in [0.5, 0.6) is 11.5 Å². The van der Waals surface area contributed by atoms with Gasteiger partial charge < -0.3 is 14.6 Å². The Labute approximate surface area is 173 Å². The van der Waals surface area contributed by atoms with E-state index in [4.69, 9.17) is 9.47 Å². The number of nitrogens with zero attached hydrogens (tertiary/aromatic N) is 1. The number of ether oxygens (including phenoxy) is 2. The maximum absolute atomic E-state index is 12.0. The zero-order valence-corrected chi connectivity index (χ0v) is 17.8. The topological polar surface area (TPSA) is 76.1 Å². The van der Waals surface area contributed by atoms with Gasteiger partial charge in [-0.25, -0.2) is 8.42 Å². The standard InChI is InChI=1S/C22H29NO5S/c1-17-3-5-18(6-4-17)13-23(19-11-12-29(25,26)16-19)14-20(24)15-28-22-9-7-21(27-2)8-10-22/h3-10,19-20,24H,11-16H2,1-2H3/t19-,20+/m0/s1. The van der Waals surface area contributed by atoms with Gasteiger partial charge in [0.2, 0.25) is 0 Å². The summed E-state index contributed by atoms with van der Waals surface area (Å²) in [5.41, 5.74) is 2.28. The average molecular weight is 420 g/mol. The van der Waals surface area contributed by atoms with Crippen LogP contribution in [0.25, 0.3) is 0 Å². The van der Waals surface area contributed by atoms with Gasteiger partial charge in [0.15, 0.2) is 9.84 Å². The van der Waals surface area contributed by atoms with E-state index in [0.717, 1.165) is 11.3 Å². The molecule has 1 aliphatic heterocycles. The first-order chi connectivity index (χ1) is 13.8. The van der Waals surface area contributed by atoms with Gasteiger partial charge in [0.1, 0.15) is 24.2 Å². The van der Waals surface area contributed by atoms with Gasteiger partial charge >= 0.3 is 0 Å². The predicted molar refractivity (Wildman–Crippen MR) is 113 cm³/mol. The van der Waals surface area contributed by atoms with Crippen LogP contribution in [0.15, 0.2) is 48.5 Å². The third-order valence-electron chi connectivity index (χ3n) is 5.18. The molecule has 6 nitrogen and oxygen atoms in total. The molecule has 0 spiro atoms. The third-order valence-corrected chi connectivity index (χ3v) is 6.93. The number of sulfone groups is 1. The second kappa shape index (κ2) is 9.61. The quantitative estimate of drug-likeness (QED) is 0.673. The summed E-state index contributed by atoms with van der Waals surface area (Å²) in [6.07, 6.45) is -0.133. The first-order valence-electron chi connectivity index (χ1n) is 9.79. The van der Waals surface area contributed by atoms with Crippen LogP contribution < -0.4 is 9.47 Å². The third kappa shape index (κ3) is 6.45. The minimum absolute atomic E-state index is 0.0862. The molecule has 3 rings (SSSR count). The molecule has 0 aliphatic carbocycles. The van der Waals surface area contributed by atoms with E-state index in [2.05, 4.69) is 4.90 Å². The molecule has 0 saturated carbocycles. The Morgan fingerprint density at radius 2 is 1.76 bits per heavy atom. The van der Waals surface area contributed by atoms with E-state index in [0.29, 0.717) is 25.3 Å². The molecule has 0 unspecified atom stereocenters. The molecule has 1 fully saturated rings. The average Bonchev–Trinajstić information content (AvgIpc) is 3.07. The van der Waals surface area contributed by atoms with Crippen LogP contribution in [0, 0.1) is 6.92 Å². The highest BCUT2D eigenvalue weighted by Crippen LogP contribution is 2.21. The van der Waals surface area contributed by atoms with Crippen molar-refractivity contribution in [1.82, 2.24) is 4.90 Å². The van der Waals surface area contributed by atoms with E-state index in [9.17, 15) is 13.5 Å². The van der Waals surface area contributed by atoms with E-state index in [1.165, 1.54) is 5.56 Å². The molecule has 1 N–H and O–H groups in total. The normalized spacial score (nSPS) is 19.2. The number of aliphatic hydroxyl groups is 1. The molecule has 1 heterocycles.